The molecule has 8 heteroatoms. The molecule has 2 atom stereocenters. The molecule has 33 heavy (non-hydrogen) atoms. The van der Waals surface area contributed by atoms with Crippen LogP contribution in [0.2, 0.25) is 0 Å². The van der Waals surface area contributed by atoms with Gasteiger partial charge in [-0.05, 0) is 42.7 Å². The van der Waals surface area contributed by atoms with Crippen molar-refractivity contribution in [2.75, 3.05) is 18.6 Å². The molecule has 0 spiro atoms. The fourth-order valence-electron chi connectivity index (χ4n) is 3.76. The summed E-state index contributed by atoms with van der Waals surface area (Å²) in [6, 6.07) is 13.1. The van der Waals surface area contributed by atoms with E-state index in [4.69, 9.17) is 9.47 Å². The van der Waals surface area contributed by atoms with Gasteiger partial charge in [-0.1, -0.05) is 43.7 Å². The van der Waals surface area contributed by atoms with Crippen LogP contribution >= 0.6 is 0 Å². The standard InChI is InChI=1S/C25H31N3O5/c1-4-5-13-26-23(29)22-15-19-14-20(32-3)11-12-21(19)28(22)24(30)17(2)27-25(31)33-16-18-9-7-6-8-10-18/h6-12,14,17,22H,4-5,13,15-16H2,1-3H3,(H,26,29)(H,27,31)/t17-,22+/m0/s1. The number of anilines is 1. The average Bonchev–Trinajstić information content (AvgIpc) is 3.21. The van der Waals surface area contributed by atoms with Crippen molar-refractivity contribution in [3.05, 3.63) is 59.7 Å². The lowest BCUT2D eigenvalue weighted by Crippen LogP contribution is -2.54. The minimum atomic E-state index is -0.882. The van der Waals surface area contributed by atoms with E-state index in [9.17, 15) is 14.4 Å². The van der Waals surface area contributed by atoms with E-state index in [1.165, 1.54) is 4.90 Å². The van der Waals surface area contributed by atoms with Gasteiger partial charge in [0, 0.05) is 18.7 Å². The third-order valence-electron chi connectivity index (χ3n) is 5.56. The Morgan fingerprint density at radius 2 is 1.91 bits per heavy atom. The van der Waals surface area contributed by atoms with E-state index in [1.54, 1.807) is 26.2 Å². The summed E-state index contributed by atoms with van der Waals surface area (Å²) in [6.07, 6.45) is 1.49. The summed E-state index contributed by atoms with van der Waals surface area (Å²) in [5.74, 6) is 0.0564. The van der Waals surface area contributed by atoms with Crippen molar-refractivity contribution >= 4 is 23.6 Å². The highest BCUT2D eigenvalue weighted by molar-refractivity contribution is 6.06. The average molecular weight is 454 g/mol. The van der Waals surface area contributed by atoms with Gasteiger partial charge in [0.15, 0.2) is 0 Å². The van der Waals surface area contributed by atoms with Crippen molar-refractivity contribution in [3.8, 4) is 5.75 Å². The highest BCUT2D eigenvalue weighted by Crippen LogP contribution is 2.35. The number of alkyl carbamates (subject to hydrolysis) is 1. The molecule has 2 N–H and O–H groups in total. The molecular weight excluding hydrogens is 422 g/mol. The lowest BCUT2D eigenvalue weighted by atomic mass is 10.1. The molecule has 176 valence electrons. The van der Waals surface area contributed by atoms with Crippen LogP contribution in [0.3, 0.4) is 0 Å². The van der Waals surface area contributed by atoms with E-state index in [0.29, 0.717) is 24.4 Å². The van der Waals surface area contributed by atoms with Gasteiger partial charge >= 0.3 is 6.09 Å². The second-order valence-electron chi connectivity index (χ2n) is 8.00. The normalized spacial score (nSPS) is 15.4. The van der Waals surface area contributed by atoms with Crippen molar-refractivity contribution in [1.82, 2.24) is 10.6 Å². The summed E-state index contributed by atoms with van der Waals surface area (Å²) in [4.78, 5) is 40.0. The second kappa shape index (κ2) is 11.4. The molecule has 0 unspecified atom stereocenters. The number of carbonyl (C=O) groups excluding carboxylic acids is 3. The lowest BCUT2D eigenvalue weighted by Gasteiger charge is -2.28. The molecular formula is C25H31N3O5. The maximum absolute atomic E-state index is 13.4. The van der Waals surface area contributed by atoms with E-state index in [2.05, 4.69) is 10.6 Å². The highest BCUT2D eigenvalue weighted by Gasteiger charge is 2.40. The van der Waals surface area contributed by atoms with E-state index in [0.717, 1.165) is 24.0 Å². The predicted molar refractivity (Wildman–Crippen MR) is 125 cm³/mol. The van der Waals surface area contributed by atoms with Crippen molar-refractivity contribution < 1.29 is 23.9 Å². The fraction of sp³-hybridized carbons (Fsp3) is 0.400. The number of nitrogens with one attached hydrogen (secondary N) is 2. The third-order valence-corrected chi connectivity index (χ3v) is 5.56. The number of carbonyl (C=O) groups is 3. The Balaban J connectivity index is 1.71. The Morgan fingerprint density at radius 3 is 2.61 bits per heavy atom. The molecule has 3 rings (SSSR count). The Morgan fingerprint density at radius 1 is 1.15 bits per heavy atom. The fourth-order valence-corrected chi connectivity index (χ4v) is 3.76. The van der Waals surface area contributed by atoms with Gasteiger partial charge in [0.1, 0.15) is 24.4 Å². The van der Waals surface area contributed by atoms with Crippen LogP contribution in [0.4, 0.5) is 10.5 Å². The van der Waals surface area contributed by atoms with Gasteiger partial charge in [0.25, 0.3) is 0 Å². The van der Waals surface area contributed by atoms with Crippen LogP contribution in [-0.2, 0) is 27.4 Å². The van der Waals surface area contributed by atoms with E-state index in [1.807, 2.05) is 43.3 Å². The Hall–Kier alpha value is -3.55. The third kappa shape index (κ3) is 6.03. The maximum Gasteiger partial charge on any atom is 0.408 e. The van der Waals surface area contributed by atoms with Gasteiger partial charge in [-0.25, -0.2) is 4.79 Å². The quantitative estimate of drug-likeness (QED) is 0.569. The van der Waals surface area contributed by atoms with Gasteiger partial charge in [-0.15, -0.1) is 0 Å². The first-order valence-electron chi connectivity index (χ1n) is 11.2. The zero-order valence-corrected chi connectivity index (χ0v) is 19.3. The molecule has 2 aromatic carbocycles. The zero-order chi connectivity index (χ0) is 23.8. The van der Waals surface area contributed by atoms with Gasteiger partial charge in [0.2, 0.25) is 11.8 Å². The Labute approximate surface area is 194 Å². The number of unbranched alkanes of at least 4 members (excludes halogenated alkanes) is 1. The van der Waals surface area contributed by atoms with Crippen molar-refractivity contribution in [2.24, 2.45) is 0 Å². The summed E-state index contributed by atoms with van der Waals surface area (Å²) in [7, 11) is 1.57. The molecule has 2 aromatic rings. The first-order valence-corrected chi connectivity index (χ1v) is 11.2. The Kier molecular flexibility index (Phi) is 8.29. The monoisotopic (exact) mass is 453 g/mol. The summed E-state index contributed by atoms with van der Waals surface area (Å²) >= 11 is 0. The van der Waals surface area contributed by atoms with E-state index >= 15 is 0 Å². The highest BCUT2D eigenvalue weighted by atomic mass is 16.5. The topological polar surface area (TPSA) is 97.0 Å². The molecule has 3 amide bonds. The molecule has 0 bridgehead atoms. The maximum atomic E-state index is 13.4. The number of amides is 3. The number of nitrogens with zero attached hydrogens (tertiary/aromatic N) is 1. The van der Waals surface area contributed by atoms with Crippen molar-refractivity contribution in [2.45, 2.75) is 51.8 Å². The molecule has 0 saturated heterocycles. The van der Waals surface area contributed by atoms with Gasteiger partial charge in [-0.3, -0.25) is 14.5 Å². The molecule has 0 saturated carbocycles. The molecule has 1 aliphatic heterocycles. The number of benzene rings is 2. The van der Waals surface area contributed by atoms with Gasteiger partial charge in [0.05, 0.1) is 7.11 Å². The zero-order valence-electron chi connectivity index (χ0n) is 19.3. The van der Waals surface area contributed by atoms with Crippen LogP contribution in [0.1, 0.15) is 37.8 Å². The predicted octanol–water partition coefficient (Wildman–Crippen LogP) is 3.18. The molecule has 0 radical (unpaired) electrons. The van der Waals surface area contributed by atoms with Crippen LogP contribution in [0, 0.1) is 0 Å². The van der Waals surface area contributed by atoms with Crippen LogP contribution < -0.4 is 20.3 Å². The lowest BCUT2D eigenvalue weighted by molar-refractivity contribution is -0.126. The van der Waals surface area contributed by atoms with Crippen LogP contribution in [-0.4, -0.2) is 43.6 Å². The molecule has 8 nitrogen and oxygen atoms in total. The Bertz CT molecular complexity index is 979. The second-order valence-corrected chi connectivity index (χ2v) is 8.00. The SMILES string of the molecule is CCCCNC(=O)[C@H]1Cc2cc(OC)ccc2N1C(=O)[C@H](C)NC(=O)OCc1ccccc1. The number of hydrogen-bond donors (Lipinski definition) is 2. The first-order chi connectivity index (χ1) is 15.9. The minimum Gasteiger partial charge on any atom is -0.497 e. The molecule has 0 aliphatic carbocycles. The van der Waals surface area contributed by atoms with Crippen LogP contribution in [0.25, 0.3) is 0 Å². The number of rotatable bonds is 9. The number of ether oxygens (including phenoxy) is 2. The number of hydrogen-bond acceptors (Lipinski definition) is 5. The largest absolute Gasteiger partial charge is 0.497 e. The molecule has 0 fully saturated rings. The smallest absolute Gasteiger partial charge is 0.408 e. The van der Waals surface area contributed by atoms with Crippen LogP contribution in [0.5, 0.6) is 5.75 Å². The summed E-state index contributed by atoms with van der Waals surface area (Å²) in [5.41, 5.74) is 2.33. The summed E-state index contributed by atoms with van der Waals surface area (Å²) in [6.45, 7) is 4.28. The van der Waals surface area contributed by atoms with Crippen molar-refractivity contribution in [3.63, 3.8) is 0 Å². The van der Waals surface area contributed by atoms with Gasteiger partial charge < -0.3 is 20.1 Å². The molecule has 1 heterocycles. The summed E-state index contributed by atoms with van der Waals surface area (Å²) in [5, 5.41) is 5.50. The molecule has 1 aliphatic rings. The van der Waals surface area contributed by atoms with Crippen LogP contribution in [0.15, 0.2) is 48.5 Å². The van der Waals surface area contributed by atoms with Gasteiger partial charge in [-0.2, -0.15) is 0 Å². The number of fused-ring (bicyclic) bond motifs is 1. The minimum absolute atomic E-state index is 0.0996. The number of methoxy groups -OCH3 is 1. The van der Waals surface area contributed by atoms with Crippen molar-refractivity contribution in [1.29, 1.82) is 0 Å². The molecule has 0 aromatic heterocycles. The summed E-state index contributed by atoms with van der Waals surface area (Å²) < 4.78 is 10.5. The van der Waals surface area contributed by atoms with E-state index in [-0.39, 0.29) is 18.4 Å². The first kappa shape index (κ1) is 24.1. The van der Waals surface area contributed by atoms with E-state index < -0.39 is 18.2 Å².